The summed E-state index contributed by atoms with van der Waals surface area (Å²) in [6.07, 6.45) is 0.338. The molecule has 6 heteroatoms. The van der Waals surface area contributed by atoms with Gasteiger partial charge in [-0.25, -0.2) is 0 Å². The summed E-state index contributed by atoms with van der Waals surface area (Å²) >= 11 is 0. The van der Waals surface area contributed by atoms with E-state index in [0.717, 1.165) is 16.8 Å². The number of esters is 1. The highest BCUT2D eigenvalue weighted by Gasteiger charge is 2.59. The van der Waals surface area contributed by atoms with Crippen LogP contribution in [0.4, 0.5) is 5.69 Å². The summed E-state index contributed by atoms with van der Waals surface area (Å²) in [5.41, 5.74) is 1.68. The summed E-state index contributed by atoms with van der Waals surface area (Å²) in [5, 5.41) is 6.30. The van der Waals surface area contributed by atoms with Crippen LogP contribution in [0.15, 0.2) is 48.5 Å². The van der Waals surface area contributed by atoms with E-state index < -0.39 is 11.5 Å². The first-order chi connectivity index (χ1) is 12.6. The molecular weight excluding hydrogens is 332 g/mol. The van der Waals surface area contributed by atoms with Crippen molar-refractivity contribution < 1.29 is 19.1 Å². The number of amides is 1. The zero-order valence-electron chi connectivity index (χ0n) is 14.6. The number of anilines is 1. The fraction of sp³-hybridized carbons (Fsp3) is 0.300. The Hall–Kier alpha value is -2.86. The minimum Gasteiger partial charge on any atom is -0.497 e. The summed E-state index contributed by atoms with van der Waals surface area (Å²) in [5.74, 6) is 0.193. The smallest absolute Gasteiger partial charge is 0.322 e. The molecule has 0 unspecified atom stereocenters. The van der Waals surface area contributed by atoms with Gasteiger partial charge < -0.3 is 14.8 Å². The number of carbonyl (C=O) groups is 2. The first-order valence-electron chi connectivity index (χ1n) is 8.49. The van der Waals surface area contributed by atoms with Gasteiger partial charge in [0.15, 0.2) is 0 Å². The molecule has 0 saturated carbocycles. The molecule has 0 aliphatic carbocycles. The normalized spacial score (nSPS) is 26.5. The number of fused-ring (bicyclic) bond motifs is 2. The summed E-state index contributed by atoms with van der Waals surface area (Å²) in [6.45, 7) is 0. The average Bonchev–Trinajstić information content (AvgIpc) is 3.21. The van der Waals surface area contributed by atoms with Gasteiger partial charge in [0.05, 0.1) is 25.7 Å². The average molecular weight is 352 g/mol. The molecule has 134 valence electrons. The number of carbonyl (C=O) groups excluding carboxylic acids is 2. The molecule has 0 aromatic heterocycles. The van der Waals surface area contributed by atoms with E-state index in [4.69, 9.17) is 9.47 Å². The van der Waals surface area contributed by atoms with Gasteiger partial charge in [-0.3, -0.25) is 14.9 Å². The Kier molecular flexibility index (Phi) is 3.92. The van der Waals surface area contributed by atoms with Crippen molar-refractivity contribution >= 4 is 17.6 Å². The van der Waals surface area contributed by atoms with Crippen LogP contribution in [0.3, 0.4) is 0 Å². The number of nitrogens with one attached hydrogen (secondary N) is 2. The SMILES string of the molecule is COC(=O)[C@@H]1C[C@@]2(C(=O)Nc3cc(OC)ccc32)[C@H](c2ccccc2)N1. The molecule has 4 rings (SSSR count). The molecule has 26 heavy (non-hydrogen) atoms. The quantitative estimate of drug-likeness (QED) is 0.828. The van der Waals surface area contributed by atoms with E-state index in [1.807, 2.05) is 48.5 Å². The van der Waals surface area contributed by atoms with Crippen LogP contribution in [0, 0.1) is 0 Å². The molecule has 0 radical (unpaired) electrons. The zero-order valence-corrected chi connectivity index (χ0v) is 14.6. The molecular formula is C20H20N2O4. The Labute approximate surface area is 151 Å². The third-order valence-electron chi connectivity index (χ3n) is 5.37. The molecule has 0 bridgehead atoms. The van der Waals surface area contributed by atoms with Crippen LogP contribution < -0.4 is 15.4 Å². The predicted octanol–water partition coefficient (Wildman–Crippen LogP) is 2.16. The van der Waals surface area contributed by atoms with Crippen molar-refractivity contribution in [3.63, 3.8) is 0 Å². The maximum atomic E-state index is 13.2. The van der Waals surface area contributed by atoms with Gasteiger partial charge in [-0.15, -0.1) is 0 Å². The van der Waals surface area contributed by atoms with E-state index in [9.17, 15) is 9.59 Å². The summed E-state index contributed by atoms with van der Waals surface area (Å²) < 4.78 is 10.2. The van der Waals surface area contributed by atoms with Crippen LogP contribution in [0.1, 0.15) is 23.6 Å². The third kappa shape index (κ3) is 2.29. The summed E-state index contributed by atoms with van der Waals surface area (Å²) in [4.78, 5) is 25.4. The molecule has 2 heterocycles. The van der Waals surface area contributed by atoms with E-state index >= 15 is 0 Å². The van der Waals surface area contributed by atoms with E-state index in [0.29, 0.717) is 12.2 Å². The van der Waals surface area contributed by atoms with E-state index in [1.165, 1.54) is 7.11 Å². The molecule has 2 aliphatic heterocycles. The summed E-state index contributed by atoms with van der Waals surface area (Å²) in [7, 11) is 2.95. The second-order valence-electron chi connectivity index (χ2n) is 6.63. The van der Waals surface area contributed by atoms with Crippen molar-refractivity contribution in [3.8, 4) is 5.75 Å². The second-order valence-corrected chi connectivity index (χ2v) is 6.63. The zero-order chi connectivity index (χ0) is 18.3. The van der Waals surface area contributed by atoms with E-state index in [1.54, 1.807) is 7.11 Å². The highest BCUT2D eigenvalue weighted by atomic mass is 16.5. The van der Waals surface area contributed by atoms with Crippen LogP contribution in [-0.2, 0) is 19.7 Å². The molecule has 1 fully saturated rings. The summed E-state index contributed by atoms with van der Waals surface area (Å²) in [6, 6.07) is 14.4. The van der Waals surface area contributed by atoms with Crippen LogP contribution >= 0.6 is 0 Å². The number of benzene rings is 2. The lowest BCUT2D eigenvalue weighted by molar-refractivity contribution is -0.142. The lowest BCUT2D eigenvalue weighted by Crippen LogP contribution is -2.39. The monoisotopic (exact) mass is 352 g/mol. The van der Waals surface area contributed by atoms with Gasteiger partial charge in [0.25, 0.3) is 0 Å². The van der Waals surface area contributed by atoms with Gasteiger partial charge in [0.1, 0.15) is 11.8 Å². The standard InChI is InChI=1S/C20H20N2O4/c1-25-13-8-9-14-15(10-13)22-19(24)20(14)11-16(18(23)26-2)21-17(20)12-6-4-3-5-7-12/h3-10,16-17,21H,11H2,1-2H3,(H,22,24)/t16-,17-,20-/m0/s1. The van der Waals surface area contributed by atoms with Crippen LogP contribution in [-0.4, -0.2) is 32.1 Å². The Morgan fingerprint density at radius 3 is 2.62 bits per heavy atom. The number of methoxy groups -OCH3 is 2. The molecule has 3 atom stereocenters. The van der Waals surface area contributed by atoms with Crippen molar-refractivity contribution in [2.75, 3.05) is 19.5 Å². The highest BCUT2D eigenvalue weighted by Crippen LogP contribution is 2.53. The molecule has 1 amide bonds. The Morgan fingerprint density at radius 1 is 1.15 bits per heavy atom. The fourth-order valence-corrected chi connectivity index (χ4v) is 4.15. The first kappa shape index (κ1) is 16.6. The molecule has 1 spiro atoms. The van der Waals surface area contributed by atoms with Crippen molar-refractivity contribution in [2.45, 2.75) is 23.9 Å². The van der Waals surface area contributed by atoms with Gasteiger partial charge in [-0.2, -0.15) is 0 Å². The van der Waals surface area contributed by atoms with E-state index in [2.05, 4.69) is 10.6 Å². The molecule has 2 N–H and O–H groups in total. The Bertz CT molecular complexity index is 867. The molecule has 2 aromatic carbocycles. The topological polar surface area (TPSA) is 76.7 Å². The largest absolute Gasteiger partial charge is 0.497 e. The molecule has 1 saturated heterocycles. The van der Waals surface area contributed by atoms with Gasteiger partial charge in [0.2, 0.25) is 5.91 Å². The lowest BCUT2D eigenvalue weighted by Gasteiger charge is -2.29. The second kappa shape index (κ2) is 6.14. The third-order valence-corrected chi connectivity index (χ3v) is 5.37. The van der Waals surface area contributed by atoms with E-state index in [-0.39, 0.29) is 17.9 Å². The molecule has 6 nitrogen and oxygen atoms in total. The van der Waals surface area contributed by atoms with Crippen LogP contribution in [0.25, 0.3) is 0 Å². The predicted molar refractivity (Wildman–Crippen MR) is 96.0 cm³/mol. The Morgan fingerprint density at radius 2 is 1.92 bits per heavy atom. The lowest BCUT2D eigenvalue weighted by atomic mass is 9.72. The molecule has 2 aliphatic rings. The fourth-order valence-electron chi connectivity index (χ4n) is 4.15. The number of hydrogen-bond donors (Lipinski definition) is 2. The minimum atomic E-state index is -0.873. The number of ether oxygens (including phenoxy) is 2. The minimum absolute atomic E-state index is 0.117. The highest BCUT2D eigenvalue weighted by molar-refractivity contribution is 6.08. The van der Waals surface area contributed by atoms with Gasteiger partial charge in [0, 0.05) is 11.8 Å². The van der Waals surface area contributed by atoms with Gasteiger partial charge in [-0.05, 0) is 23.6 Å². The van der Waals surface area contributed by atoms with Crippen molar-refractivity contribution in [2.24, 2.45) is 0 Å². The molecule has 2 aromatic rings. The number of rotatable bonds is 3. The van der Waals surface area contributed by atoms with Crippen LogP contribution in [0.2, 0.25) is 0 Å². The van der Waals surface area contributed by atoms with Crippen molar-refractivity contribution in [1.82, 2.24) is 5.32 Å². The van der Waals surface area contributed by atoms with Gasteiger partial charge in [-0.1, -0.05) is 36.4 Å². The first-order valence-corrected chi connectivity index (χ1v) is 8.49. The van der Waals surface area contributed by atoms with Crippen LogP contribution in [0.5, 0.6) is 5.75 Å². The maximum Gasteiger partial charge on any atom is 0.322 e. The van der Waals surface area contributed by atoms with Gasteiger partial charge >= 0.3 is 5.97 Å². The van der Waals surface area contributed by atoms with Crippen molar-refractivity contribution in [1.29, 1.82) is 0 Å². The maximum absolute atomic E-state index is 13.2. The number of hydrogen-bond acceptors (Lipinski definition) is 5. The van der Waals surface area contributed by atoms with Crippen molar-refractivity contribution in [3.05, 3.63) is 59.7 Å². The Balaban J connectivity index is 1.86.